The van der Waals surface area contributed by atoms with E-state index in [1.165, 1.54) is 12.8 Å². The Hall–Kier alpha value is -1.88. The van der Waals surface area contributed by atoms with Crippen molar-refractivity contribution in [3.63, 3.8) is 0 Å². The van der Waals surface area contributed by atoms with Crippen LogP contribution in [-0.2, 0) is 0 Å². The molecule has 19 heavy (non-hydrogen) atoms. The summed E-state index contributed by atoms with van der Waals surface area (Å²) in [6.07, 6.45) is 6.43. The molecule has 100 valence electrons. The molecular formula is C14H17N3O2. The average molecular weight is 259 g/mol. The normalized spacial score (nSPS) is 23.6. The van der Waals surface area contributed by atoms with Crippen LogP contribution in [0.25, 0.3) is 10.9 Å². The molecule has 5 heteroatoms. The van der Waals surface area contributed by atoms with E-state index >= 15 is 0 Å². The minimum atomic E-state index is -0.350. The summed E-state index contributed by atoms with van der Waals surface area (Å²) in [5.74, 6) is 0. The molecule has 1 fully saturated rings. The fourth-order valence-electron chi connectivity index (χ4n) is 3.03. The zero-order chi connectivity index (χ0) is 13.4. The maximum atomic E-state index is 10.9. The molecule has 2 aromatic rings. The second kappa shape index (κ2) is 4.66. The number of nitrogens with zero attached hydrogens (tertiary/aromatic N) is 2. The third-order valence-electron chi connectivity index (χ3n) is 4.06. The molecule has 0 aliphatic heterocycles. The van der Waals surface area contributed by atoms with Crippen molar-refractivity contribution in [1.29, 1.82) is 0 Å². The second-order valence-electron chi connectivity index (χ2n) is 5.24. The first-order chi connectivity index (χ1) is 9.16. The molecule has 3 rings (SSSR count). The van der Waals surface area contributed by atoms with Gasteiger partial charge in [0, 0.05) is 35.8 Å². The Morgan fingerprint density at radius 1 is 1.26 bits per heavy atom. The lowest BCUT2D eigenvalue weighted by Crippen LogP contribution is -2.34. The van der Waals surface area contributed by atoms with Crippen molar-refractivity contribution in [2.75, 3.05) is 0 Å². The van der Waals surface area contributed by atoms with Crippen molar-refractivity contribution in [3.8, 4) is 0 Å². The van der Waals surface area contributed by atoms with E-state index in [-0.39, 0.29) is 22.7 Å². The van der Waals surface area contributed by atoms with Gasteiger partial charge < -0.3 is 10.3 Å². The minimum absolute atomic E-state index is 0.136. The maximum absolute atomic E-state index is 10.9. The Kier molecular flexibility index (Phi) is 2.98. The van der Waals surface area contributed by atoms with Crippen LogP contribution < -0.4 is 5.73 Å². The van der Waals surface area contributed by atoms with Crippen LogP contribution in [0.4, 0.5) is 5.69 Å². The van der Waals surface area contributed by atoms with Crippen LogP contribution in [0.1, 0.15) is 31.7 Å². The van der Waals surface area contributed by atoms with Gasteiger partial charge >= 0.3 is 0 Å². The average Bonchev–Trinajstić information content (AvgIpc) is 2.82. The van der Waals surface area contributed by atoms with Gasteiger partial charge in [-0.1, -0.05) is 12.8 Å². The summed E-state index contributed by atoms with van der Waals surface area (Å²) < 4.78 is 2.12. The highest BCUT2D eigenvalue weighted by atomic mass is 16.6. The van der Waals surface area contributed by atoms with E-state index in [9.17, 15) is 10.1 Å². The summed E-state index contributed by atoms with van der Waals surface area (Å²) in [7, 11) is 0. The molecule has 1 heterocycles. The molecule has 0 unspecified atom stereocenters. The monoisotopic (exact) mass is 259 g/mol. The minimum Gasteiger partial charge on any atom is -0.343 e. The molecule has 2 atom stereocenters. The summed E-state index contributed by atoms with van der Waals surface area (Å²) in [5.41, 5.74) is 7.25. The lowest BCUT2D eigenvalue weighted by molar-refractivity contribution is -0.384. The van der Waals surface area contributed by atoms with Crippen molar-refractivity contribution in [2.45, 2.75) is 37.8 Å². The summed E-state index contributed by atoms with van der Waals surface area (Å²) >= 11 is 0. The number of hydrogen-bond acceptors (Lipinski definition) is 3. The van der Waals surface area contributed by atoms with Gasteiger partial charge in [0.15, 0.2) is 0 Å². The van der Waals surface area contributed by atoms with Crippen LogP contribution in [0.15, 0.2) is 30.5 Å². The highest BCUT2D eigenvalue weighted by molar-refractivity contribution is 5.82. The fraction of sp³-hybridized carbons (Fsp3) is 0.429. The van der Waals surface area contributed by atoms with Crippen LogP contribution >= 0.6 is 0 Å². The topological polar surface area (TPSA) is 74.1 Å². The fourth-order valence-corrected chi connectivity index (χ4v) is 3.03. The molecule has 0 amide bonds. The van der Waals surface area contributed by atoms with Crippen molar-refractivity contribution in [3.05, 3.63) is 40.6 Å². The van der Waals surface area contributed by atoms with Gasteiger partial charge in [-0.2, -0.15) is 0 Å². The van der Waals surface area contributed by atoms with Crippen molar-refractivity contribution in [2.24, 2.45) is 5.73 Å². The molecule has 1 saturated carbocycles. The molecule has 1 aliphatic rings. The van der Waals surface area contributed by atoms with Gasteiger partial charge in [-0.05, 0) is 25.0 Å². The number of aromatic nitrogens is 1. The van der Waals surface area contributed by atoms with E-state index in [0.717, 1.165) is 23.7 Å². The zero-order valence-electron chi connectivity index (χ0n) is 10.7. The highest BCUT2D eigenvalue weighted by Crippen LogP contribution is 2.32. The Morgan fingerprint density at radius 2 is 2.05 bits per heavy atom. The van der Waals surface area contributed by atoms with E-state index < -0.39 is 0 Å². The van der Waals surface area contributed by atoms with Crippen LogP contribution in [0.5, 0.6) is 0 Å². The first-order valence-corrected chi connectivity index (χ1v) is 6.67. The van der Waals surface area contributed by atoms with Gasteiger partial charge in [-0.3, -0.25) is 10.1 Å². The summed E-state index contributed by atoms with van der Waals surface area (Å²) in [6, 6.07) is 7.40. The van der Waals surface area contributed by atoms with Crippen LogP contribution in [0, 0.1) is 10.1 Å². The summed E-state index contributed by atoms with van der Waals surface area (Å²) in [6.45, 7) is 0. The predicted molar refractivity (Wildman–Crippen MR) is 74.1 cm³/mol. The standard InChI is InChI=1S/C14H17N3O2/c15-12-3-1-2-4-13(12)16-8-7-10-5-6-11(17(18)19)9-14(10)16/h5-9,12-13H,1-4,15H2/t12-,13+/m0/s1. The Morgan fingerprint density at radius 3 is 2.79 bits per heavy atom. The number of rotatable bonds is 2. The van der Waals surface area contributed by atoms with Gasteiger partial charge in [0.05, 0.1) is 10.4 Å². The summed E-state index contributed by atoms with van der Waals surface area (Å²) in [4.78, 5) is 10.5. The van der Waals surface area contributed by atoms with Crippen LogP contribution in [0.3, 0.4) is 0 Å². The molecule has 5 nitrogen and oxygen atoms in total. The number of nitrogens with two attached hydrogens (primary N) is 1. The molecule has 2 N–H and O–H groups in total. The van der Waals surface area contributed by atoms with Gasteiger partial charge in [0.2, 0.25) is 0 Å². The molecule has 0 radical (unpaired) electrons. The third kappa shape index (κ3) is 2.10. The number of benzene rings is 1. The molecule has 0 spiro atoms. The number of hydrogen-bond donors (Lipinski definition) is 1. The van der Waals surface area contributed by atoms with E-state index in [1.807, 2.05) is 12.3 Å². The number of nitro groups is 1. The molecule has 1 aromatic heterocycles. The first-order valence-electron chi connectivity index (χ1n) is 6.67. The quantitative estimate of drug-likeness (QED) is 0.665. The van der Waals surface area contributed by atoms with Gasteiger partial charge in [-0.25, -0.2) is 0 Å². The van der Waals surface area contributed by atoms with E-state index in [0.29, 0.717) is 0 Å². The lowest BCUT2D eigenvalue weighted by Gasteiger charge is -2.30. The Bertz CT molecular complexity index is 620. The molecule has 0 saturated heterocycles. The number of nitro benzene ring substituents is 1. The van der Waals surface area contributed by atoms with E-state index in [4.69, 9.17) is 5.73 Å². The third-order valence-corrected chi connectivity index (χ3v) is 4.06. The predicted octanol–water partition coefficient (Wildman–Crippen LogP) is 2.99. The SMILES string of the molecule is N[C@H]1CCCC[C@H]1n1ccc2ccc([N+](=O)[O-])cc21. The molecular weight excluding hydrogens is 242 g/mol. The van der Waals surface area contributed by atoms with E-state index in [1.54, 1.807) is 18.2 Å². The molecule has 0 bridgehead atoms. The van der Waals surface area contributed by atoms with Gasteiger partial charge in [-0.15, -0.1) is 0 Å². The number of non-ortho nitro benzene ring substituents is 1. The lowest BCUT2D eigenvalue weighted by atomic mass is 9.91. The smallest absolute Gasteiger partial charge is 0.271 e. The van der Waals surface area contributed by atoms with Gasteiger partial charge in [0.25, 0.3) is 5.69 Å². The van der Waals surface area contributed by atoms with Crippen LogP contribution in [0.2, 0.25) is 0 Å². The zero-order valence-corrected chi connectivity index (χ0v) is 10.7. The van der Waals surface area contributed by atoms with Crippen molar-refractivity contribution < 1.29 is 4.92 Å². The Labute approximate surface area is 111 Å². The first kappa shape index (κ1) is 12.2. The van der Waals surface area contributed by atoms with E-state index in [2.05, 4.69) is 4.57 Å². The molecule has 1 aliphatic carbocycles. The molecule has 1 aromatic carbocycles. The van der Waals surface area contributed by atoms with Crippen LogP contribution in [-0.4, -0.2) is 15.5 Å². The largest absolute Gasteiger partial charge is 0.343 e. The highest BCUT2D eigenvalue weighted by Gasteiger charge is 2.24. The van der Waals surface area contributed by atoms with Gasteiger partial charge in [0.1, 0.15) is 0 Å². The Balaban J connectivity index is 2.07. The number of fused-ring (bicyclic) bond motifs is 1. The summed E-state index contributed by atoms with van der Waals surface area (Å²) in [5, 5.41) is 11.9. The van der Waals surface area contributed by atoms with Crippen molar-refractivity contribution >= 4 is 16.6 Å². The second-order valence-corrected chi connectivity index (χ2v) is 5.24. The van der Waals surface area contributed by atoms with Crippen molar-refractivity contribution in [1.82, 2.24) is 4.57 Å². The maximum Gasteiger partial charge on any atom is 0.271 e.